The fourth-order valence-corrected chi connectivity index (χ4v) is 2.92. The molecular formula is C17H22N4O4S. The van der Waals surface area contributed by atoms with Crippen molar-refractivity contribution in [3.8, 4) is 11.5 Å². The monoisotopic (exact) mass is 378 g/mol. The maximum absolute atomic E-state index is 12.2. The number of amides is 1. The van der Waals surface area contributed by atoms with E-state index in [1.165, 1.54) is 16.3 Å². The fraction of sp³-hybridized carbons (Fsp3) is 0.353. The molecule has 9 heteroatoms. The molecule has 2 N–H and O–H groups in total. The Balaban J connectivity index is 2.00. The van der Waals surface area contributed by atoms with Crippen molar-refractivity contribution in [3.05, 3.63) is 41.3 Å². The van der Waals surface area contributed by atoms with Gasteiger partial charge in [-0.3, -0.25) is 9.36 Å². The highest BCUT2D eigenvalue weighted by Crippen LogP contribution is 2.30. The summed E-state index contributed by atoms with van der Waals surface area (Å²) >= 11 is 1.17. The molecule has 0 radical (unpaired) electrons. The average molecular weight is 378 g/mol. The molecule has 140 valence electrons. The lowest BCUT2D eigenvalue weighted by atomic mass is 10.2. The van der Waals surface area contributed by atoms with Gasteiger partial charge in [0.15, 0.2) is 16.7 Å². The van der Waals surface area contributed by atoms with E-state index in [0.29, 0.717) is 42.1 Å². The van der Waals surface area contributed by atoms with E-state index in [9.17, 15) is 9.59 Å². The highest BCUT2D eigenvalue weighted by molar-refractivity contribution is 7.99. The van der Waals surface area contributed by atoms with E-state index in [4.69, 9.17) is 9.47 Å². The van der Waals surface area contributed by atoms with E-state index in [2.05, 4.69) is 22.1 Å². The number of ether oxygens (including phenoxy) is 2. The number of hydrogen-bond donors (Lipinski definition) is 2. The maximum Gasteiger partial charge on any atom is 0.344 e. The van der Waals surface area contributed by atoms with Crippen LogP contribution in [0.1, 0.15) is 13.8 Å². The van der Waals surface area contributed by atoms with Crippen molar-refractivity contribution >= 4 is 23.4 Å². The molecule has 2 aromatic rings. The first kappa shape index (κ1) is 19.6. The van der Waals surface area contributed by atoms with Gasteiger partial charge in [-0.15, -0.1) is 11.7 Å². The largest absolute Gasteiger partial charge is 0.490 e. The lowest BCUT2D eigenvalue weighted by Crippen LogP contribution is -2.18. The van der Waals surface area contributed by atoms with Crippen LogP contribution < -0.4 is 20.5 Å². The van der Waals surface area contributed by atoms with Crippen LogP contribution >= 0.6 is 11.8 Å². The van der Waals surface area contributed by atoms with Crippen LogP contribution in [-0.2, 0) is 11.3 Å². The van der Waals surface area contributed by atoms with Gasteiger partial charge in [0.1, 0.15) is 0 Å². The van der Waals surface area contributed by atoms with Gasteiger partial charge in [-0.05, 0) is 26.0 Å². The van der Waals surface area contributed by atoms with Gasteiger partial charge < -0.3 is 14.8 Å². The van der Waals surface area contributed by atoms with Gasteiger partial charge in [-0.2, -0.15) is 0 Å². The molecule has 0 atom stereocenters. The smallest absolute Gasteiger partial charge is 0.344 e. The van der Waals surface area contributed by atoms with Crippen LogP contribution in [0.25, 0.3) is 0 Å². The van der Waals surface area contributed by atoms with Crippen molar-refractivity contribution in [1.82, 2.24) is 14.8 Å². The number of thioether (sulfide) groups is 1. The van der Waals surface area contributed by atoms with Crippen molar-refractivity contribution < 1.29 is 14.3 Å². The number of aromatic amines is 1. The molecule has 8 nitrogen and oxygen atoms in total. The molecule has 0 aliphatic rings. The molecule has 0 aliphatic heterocycles. The van der Waals surface area contributed by atoms with E-state index in [1.54, 1.807) is 24.3 Å². The molecule has 1 aromatic heterocycles. The number of carbonyl (C=O) groups excluding carboxylic acids is 1. The molecule has 0 bridgehead atoms. The Morgan fingerprint density at radius 2 is 2.08 bits per heavy atom. The molecule has 0 spiro atoms. The Hall–Kier alpha value is -2.68. The molecule has 0 saturated heterocycles. The molecular weight excluding hydrogens is 356 g/mol. The lowest BCUT2D eigenvalue weighted by Gasteiger charge is -2.13. The second-order valence-electron chi connectivity index (χ2n) is 5.08. The van der Waals surface area contributed by atoms with E-state index in [1.807, 2.05) is 13.8 Å². The number of rotatable bonds is 10. The zero-order valence-corrected chi connectivity index (χ0v) is 15.6. The van der Waals surface area contributed by atoms with Crippen LogP contribution in [0.3, 0.4) is 0 Å². The molecule has 0 aliphatic carbocycles. The average Bonchev–Trinajstić information content (AvgIpc) is 2.96. The second-order valence-corrected chi connectivity index (χ2v) is 6.02. The van der Waals surface area contributed by atoms with Crippen molar-refractivity contribution in [2.24, 2.45) is 0 Å². The van der Waals surface area contributed by atoms with Crippen LogP contribution in [0, 0.1) is 0 Å². The predicted octanol–water partition coefficient (Wildman–Crippen LogP) is 2.29. The standard InChI is InChI=1S/C17H22N4O4S/c1-4-9-21-16(23)19-20-17(21)26-11-15(22)18-12-7-8-13(24-5-2)14(10-12)25-6-3/h4,7-8,10H,1,5-6,9,11H2,2-3H3,(H,18,22)(H,19,23). The number of aromatic nitrogens is 3. The normalized spacial score (nSPS) is 10.4. The summed E-state index contributed by atoms with van der Waals surface area (Å²) in [6.07, 6.45) is 1.59. The molecule has 0 unspecified atom stereocenters. The van der Waals surface area contributed by atoms with Crippen molar-refractivity contribution in [1.29, 1.82) is 0 Å². The molecule has 1 amide bonds. The van der Waals surface area contributed by atoms with Crippen LogP contribution in [0.15, 0.2) is 40.8 Å². The first-order chi connectivity index (χ1) is 12.6. The summed E-state index contributed by atoms with van der Waals surface area (Å²) in [5.74, 6) is 1.10. The van der Waals surface area contributed by atoms with Gasteiger partial charge in [0.2, 0.25) is 5.91 Å². The third-order valence-electron chi connectivity index (χ3n) is 3.19. The Morgan fingerprint density at radius 1 is 1.35 bits per heavy atom. The highest BCUT2D eigenvalue weighted by Gasteiger charge is 2.12. The topological polar surface area (TPSA) is 98.2 Å². The van der Waals surface area contributed by atoms with Gasteiger partial charge in [0.05, 0.1) is 19.0 Å². The number of allylic oxidation sites excluding steroid dienone is 1. The minimum Gasteiger partial charge on any atom is -0.490 e. The molecule has 2 rings (SSSR count). The first-order valence-electron chi connectivity index (χ1n) is 8.17. The van der Waals surface area contributed by atoms with Crippen molar-refractivity contribution in [2.75, 3.05) is 24.3 Å². The van der Waals surface area contributed by atoms with Gasteiger partial charge >= 0.3 is 5.69 Å². The van der Waals surface area contributed by atoms with Gasteiger partial charge in [0.25, 0.3) is 0 Å². The number of nitrogens with one attached hydrogen (secondary N) is 2. The highest BCUT2D eigenvalue weighted by atomic mass is 32.2. The summed E-state index contributed by atoms with van der Waals surface area (Å²) in [4.78, 5) is 23.8. The van der Waals surface area contributed by atoms with Crippen LogP contribution in [0.5, 0.6) is 11.5 Å². The maximum atomic E-state index is 12.2. The Bertz CT molecular complexity index is 815. The van der Waals surface area contributed by atoms with Crippen LogP contribution in [-0.4, -0.2) is 39.6 Å². The minimum absolute atomic E-state index is 0.110. The summed E-state index contributed by atoms with van der Waals surface area (Å²) in [6.45, 7) is 8.72. The fourth-order valence-electron chi connectivity index (χ4n) is 2.16. The summed E-state index contributed by atoms with van der Waals surface area (Å²) in [6, 6.07) is 5.23. The quantitative estimate of drug-likeness (QED) is 0.486. The SMILES string of the molecule is C=CCn1c(SCC(=O)Nc2ccc(OCC)c(OCC)c2)n[nH]c1=O. The number of carbonyl (C=O) groups is 1. The van der Waals surface area contributed by atoms with E-state index in [0.717, 1.165) is 0 Å². The van der Waals surface area contributed by atoms with Gasteiger partial charge in [-0.1, -0.05) is 17.8 Å². The number of anilines is 1. The van der Waals surface area contributed by atoms with E-state index in [-0.39, 0.29) is 17.3 Å². The molecule has 1 aromatic carbocycles. The zero-order valence-electron chi connectivity index (χ0n) is 14.8. The number of nitrogens with zero attached hydrogens (tertiary/aromatic N) is 2. The third kappa shape index (κ3) is 5.16. The van der Waals surface area contributed by atoms with Crippen LogP contribution in [0.2, 0.25) is 0 Å². The van der Waals surface area contributed by atoms with Crippen molar-refractivity contribution in [2.45, 2.75) is 25.5 Å². The summed E-state index contributed by atoms with van der Waals surface area (Å²) in [5, 5.41) is 9.50. The van der Waals surface area contributed by atoms with Crippen LogP contribution in [0.4, 0.5) is 5.69 Å². The van der Waals surface area contributed by atoms with E-state index >= 15 is 0 Å². The minimum atomic E-state index is -0.333. The number of hydrogen-bond acceptors (Lipinski definition) is 6. The Labute approximate surface area is 155 Å². The first-order valence-corrected chi connectivity index (χ1v) is 9.16. The molecule has 26 heavy (non-hydrogen) atoms. The van der Waals surface area contributed by atoms with Gasteiger partial charge in [-0.25, -0.2) is 9.89 Å². The molecule has 0 fully saturated rings. The summed E-state index contributed by atoms with van der Waals surface area (Å²) in [7, 11) is 0. The van der Waals surface area contributed by atoms with Crippen molar-refractivity contribution in [3.63, 3.8) is 0 Å². The van der Waals surface area contributed by atoms with E-state index < -0.39 is 0 Å². The third-order valence-corrected chi connectivity index (χ3v) is 4.17. The zero-order chi connectivity index (χ0) is 18.9. The summed E-state index contributed by atoms with van der Waals surface area (Å²) < 4.78 is 12.5. The number of H-pyrrole nitrogens is 1. The predicted molar refractivity (Wildman–Crippen MR) is 101 cm³/mol. The molecule has 1 heterocycles. The second kappa shape index (κ2) is 9.71. The summed E-state index contributed by atoms with van der Waals surface area (Å²) in [5.41, 5.74) is 0.272. The van der Waals surface area contributed by atoms with Gasteiger partial charge in [0, 0.05) is 18.3 Å². The number of benzene rings is 1. The molecule has 0 saturated carbocycles. The lowest BCUT2D eigenvalue weighted by molar-refractivity contribution is -0.113. The Kier molecular flexibility index (Phi) is 7.34. The Morgan fingerprint density at radius 3 is 2.77 bits per heavy atom.